The van der Waals surface area contributed by atoms with Crippen molar-refractivity contribution in [2.24, 2.45) is 0 Å². The highest BCUT2D eigenvalue weighted by Crippen LogP contribution is 2.13. The summed E-state index contributed by atoms with van der Waals surface area (Å²) in [7, 11) is 0. The lowest BCUT2D eigenvalue weighted by Gasteiger charge is -2.22. The summed E-state index contributed by atoms with van der Waals surface area (Å²) in [5, 5.41) is 0. The Kier molecular flexibility index (Phi) is 3.76. The van der Waals surface area contributed by atoms with Crippen molar-refractivity contribution in [3.8, 4) is 0 Å². The van der Waals surface area contributed by atoms with Gasteiger partial charge in [0.2, 0.25) is 0 Å². The van der Waals surface area contributed by atoms with Crippen molar-refractivity contribution in [3.63, 3.8) is 0 Å². The van der Waals surface area contributed by atoms with Crippen molar-refractivity contribution >= 4 is 0 Å². The normalized spacial score (nSPS) is 26.7. The van der Waals surface area contributed by atoms with Crippen LogP contribution in [0.25, 0.3) is 0 Å². The number of hydrogen-bond donors (Lipinski definition) is 0. The highest BCUT2D eigenvalue weighted by molar-refractivity contribution is 4.53. The Morgan fingerprint density at radius 3 is 3.00 bits per heavy atom. The minimum absolute atomic E-state index is 0.0653. The molecule has 10 heavy (non-hydrogen) atoms. The summed E-state index contributed by atoms with van der Waals surface area (Å²) in [6.45, 7) is 5.28. The van der Waals surface area contributed by atoms with Crippen LogP contribution in [0.5, 0.6) is 0 Å². The van der Waals surface area contributed by atoms with Gasteiger partial charge in [-0.2, -0.15) is 0 Å². The molecule has 0 N–H and O–H groups in total. The lowest BCUT2D eigenvalue weighted by molar-refractivity contribution is -0.161. The molecule has 1 fully saturated rings. The smallest absolute Gasteiger partial charge is 0.157 e. The number of hydrogen-bond acceptors (Lipinski definition) is 2. The highest BCUT2D eigenvalue weighted by Gasteiger charge is 2.12. The van der Waals surface area contributed by atoms with Gasteiger partial charge in [0, 0.05) is 13.2 Å². The van der Waals surface area contributed by atoms with E-state index >= 15 is 0 Å². The molecule has 0 spiro atoms. The first-order valence-corrected chi connectivity index (χ1v) is 3.96. The van der Waals surface area contributed by atoms with E-state index in [-0.39, 0.29) is 6.29 Å². The molecule has 0 bridgehead atoms. The molecule has 0 aromatic rings. The van der Waals surface area contributed by atoms with Gasteiger partial charge < -0.3 is 9.47 Å². The average molecular weight is 143 g/mol. The molecule has 1 radical (unpaired) electrons. The molecule has 1 aliphatic heterocycles. The van der Waals surface area contributed by atoms with Gasteiger partial charge >= 0.3 is 0 Å². The molecule has 59 valence electrons. The predicted molar refractivity (Wildman–Crippen MR) is 39.5 cm³/mol. The van der Waals surface area contributed by atoms with E-state index in [1.807, 2.05) is 0 Å². The molecule has 0 aliphatic carbocycles. The van der Waals surface area contributed by atoms with Crippen molar-refractivity contribution in [1.82, 2.24) is 0 Å². The monoisotopic (exact) mass is 143 g/mol. The maximum absolute atomic E-state index is 5.35. The van der Waals surface area contributed by atoms with Crippen LogP contribution in [0.15, 0.2) is 0 Å². The Balaban J connectivity index is 2.02. The SMILES string of the molecule is [CH2]CCOC1CCCCO1. The van der Waals surface area contributed by atoms with Crippen LogP contribution < -0.4 is 0 Å². The van der Waals surface area contributed by atoms with Crippen LogP contribution in [-0.4, -0.2) is 19.5 Å². The van der Waals surface area contributed by atoms with Crippen LogP contribution in [0.4, 0.5) is 0 Å². The highest BCUT2D eigenvalue weighted by atomic mass is 16.7. The summed E-state index contributed by atoms with van der Waals surface area (Å²) in [4.78, 5) is 0. The molecular weight excluding hydrogens is 128 g/mol. The Morgan fingerprint density at radius 1 is 1.50 bits per heavy atom. The van der Waals surface area contributed by atoms with Gasteiger partial charge in [0.05, 0.1) is 0 Å². The van der Waals surface area contributed by atoms with Crippen molar-refractivity contribution in [1.29, 1.82) is 0 Å². The van der Waals surface area contributed by atoms with Crippen molar-refractivity contribution < 1.29 is 9.47 Å². The fourth-order valence-corrected chi connectivity index (χ4v) is 1.06. The summed E-state index contributed by atoms with van der Waals surface area (Å²) < 4.78 is 10.7. The summed E-state index contributed by atoms with van der Waals surface area (Å²) in [6.07, 6.45) is 4.38. The molecule has 1 rings (SSSR count). The minimum atomic E-state index is 0.0653. The van der Waals surface area contributed by atoms with E-state index < -0.39 is 0 Å². The first kappa shape index (κ1) is 8.02. The zero-order valence-electron chi connectivity index (χ0n) is 6.34. The quantitative estimate of drug-likeness (QED) is 0.599. The van der Waals surface area contributed by atoms with Gasteiger partial charge in [-0.05, 0) is 25.7 Å². The molecular formula is C8H15O2. The second-order valence-corrected chi connectivity index (χ2v) is 2.52. The Bertz CT molecular complexity index is 77.3. The summed E-state index contributed by atoms with van der Waals surface area (Å²) >= 11 is 0. The first-order valence-electron chi connectivity index (χ1n) is 3.96. The van der Waals surface area contributed by atoms with E-state index in [1.54, 1.807) is 0 Å². The number of ether oxygens (including phenoxy) is 2. The Hall–Kier alpha value is -0.0800. The largest absolute Gasteiger partial charge is 0.353 e. The zero-order valence-corrected chi connectivity index (χ0v) is 6.34. The molecule has 1 aliphatic rings. The molecule has 1 atom stereocenters. The molecule has 2 heteroatoms. The Labute approximate surface area is 62.5 Å². The first-order chi connectivity index (χ1) is 4.93. The van der Waals surface area contributed by atoms with Gasteiger partial charge in [-0.3, -0.25) is 0 Å². The van der Waals surface area contributed by atoms with Gasteiger partial charge in [0.25, 0.3) is 0 Å². The second kappa shape index (κ2) is 4.69. The number of rotatable bonds is 3. The third-order valence-corrected chi connectivity index (χ3v) is 1.59. The van der Waals surface area contributed by atoms with Gasteiger partial charge in [0.1, 0.15) is 0 Å². The fourth-order valence-electron chi connectivity index (χ4n) is 1.06. The van der Waals surface area contributed by atoms with E-state index in [1.165, 1.54) is 12.8 Å². The molecule has 0 amide bonds. The van der Waals surface area contributed by atoms with Gasteiger partial charge in [-0.1, -0.05) is 6.92 Å². The standard InChI is InChI=1S/C8H15O2/c1-2-6-9-8-5-3-4-7-10-8/h8H,1-7H2. The van der Waals surface area contributed by atoms with Crippen LogP contribution in [0.3, 0.4) is 0 Å². The molecule has 0 aromatic carbocycles. The molecule has 0 aromatic heterocycles. The topological polar surface area (TPSA) is 18.5 Å². The third-order valence-electron chi connectivity index (χ3n) is 1.59. The maximum atomic E-state index is 5.35. The second-order valence-electron chi connectivity index (χ2n) is 2.52. The third kappa shape index (κ3) is 2.67. The average Bonchev–Trinajstić information content (AvgIpc) is 2.03. The molecule has 1 heterocycles. The molecule has 2 nitrogen and oxygen atoms in total. The molecule has 1 unspecified atom stereocenters. The summed E-state index contributed by atoms with van der Waals surface area (Å²) in [5.41, 5.74) is 0. The lowest BCUT2D eigenvalue weighted by Crippen LogP contribution is -2.22. The predicted octanol–water partition coefficient (Wildman–Crippen LogP) is 1.75. The summed E-state index contributed by atoms with van der Waals surface area (Å²) in [5.74, 6) is 0. The van der Waals surface area contributed by atoms with E-state index in [4.69, 9.17) is 9.47 Å². The molecule has 0 saturated carbocycles. The van der Waals surface area contributed by atoms with Crippen LogP contribution in [0, 0.1) is 6.92 Å². The van der Waals surface area contributed by atoms with E-state index in [0.717, 1.165) is 26.1 Å². The van der Waals surface area contributed by atoms with Crippen LogP contribution in [0.1, 0.15) is 25.7 Å². The van der Waals surface area contributed by atoms with Crippen molar-refractivity contribution in [2.75, 3.05) is 13.2 Å². The molecule has 1 saturated heterocycles. The van der Waals surface area contributed by atoms with E-state index in [0.29, 0.717) is 0 Å². The van der Waals surface area contributed by atoms with E-state index in [9.17, 15) is 0 Å². The van der Waals surface area contributed by atoms with Gasteiger partial charge in [-0.15, -0.1) is 0 Å². The maximum Gasteiger partial charge on any atom is 0.157 e. The van der Waals surface area contributed by atoms with Crippen LogP contribution in [0.2, 0.25) is 0 Å². The lowest BCUT2D eigenvalue weighted by atomic mass is 10.2. The minimum Gasteiger partial charge on any atom is -0.353 e. The van der Waals surface area contributed by atoms with Crippen LogP contribution in [-0.2, 0) is 9.47 Å². The van der Waals surface area contributed by atoms with E-state index in [2.05, 4.69) is 6.92 Å². The Morgan fingerprint density at radius 2 is 2.40 bits per heavy atom. The fraction of sp³-hybridized carbons (Fsp3) is 0.875. The zero-order chi connectivity index (χ0) is 7.23. The van der Waals surface area contributed by atoms with Crippen molar-refractivity contribution in [3.05, 3.63) is 6.92 Å². The van der Waals surface area contributed by atoms with Crippen molar-refractivity contribution in [2.45, 2.75) is 32.0 Å². The summed E-state index contributed by atoms with van der Waals surface area (Å²) in [6, 6.07) is 0. The van der Waals surface area contributed by atoms with Gasteiger partial charge in [0.15, 0.2) is 6.29 Å². The van der Waals surface area contributed by atoms with Gasteiger partial charge in [-0.25, -0.2) is 0 Å². The van der Waals surface area contributed by atoms with Crippen LogP contribution >= 0.6 is 0 Å².